The zero-order valence-electron chi connectivity index (χ0n) is 15.1. The van der Waals surface area contributed by atoms with Crippen molar-refractivity contribution in [2.45, 2.75) is 44.6 Å². The number of nitrogens with one attached hydrogen (secondary N) is 1. The van der Waals surface area contributed by atoms with Crippen molar-refractivity contribution >= 4 is 27.3 Å². The van der Waals surface area contributed by atoms with Crippen LogP contribution in [-0.2, 0) is 0 Å². The molecule has 1 aromatic heterocycles. The summed E-state index contributed by atoms with van der Waals surface area (Å²) in [6.45, 7) is 6.38. The summed E-state index contributed by atoms with van der Waals surface area (Å²) in [5, 5.41) is 3.72. The van der Waals surface area contributed by atoms with E-state index in [0.29, 0.717) is 20.9 Å². The molecule has 1 aromatic carbocycles. The fourth-order valence-corrected chi connectivity index (χ4v) is 5.46. The van der Waals surface area contributed by atoms with Crippen LogP contribution >= 0.6 is 11.3 Å². The van der Waals surface area contributed by atoms with Gasteiger partial charge in [-0.3, -0.25) is 9.69 Å². The number of alkyl halides is 3. The summed E-state index contributed by atoms with van der Waals surface area (Å²) in [5.41, 5.74) is -0.127. The third-order valence-electron chi connectivity index (χ3n) is 5.83. The predicted molar refractivity (Wildman–Crippen MR) is 98.1 cm³/mol. The van der Waals surface area contributed by atoms with Crippen LogP contribution < -0.4 is 10.1 Å². The third-order valence-corrected chi connectivity index (χ3v) is 7.00. The largest absolute Gasteiger partial charge is 0.573 e. The van der Waals surface area contributed by atoms with Crippen LogP contribution in [0.2, 0.25) is 0 Å². The lowest BCUT2D eigenvalue weighted by atomic mass is 9.72. The minimum atomic E-state index is -4.76. The summed E-state index contributed by atoms with van der Waals surface area (Å²) in [6.07, 6.45) is -2.64. The molecular weight excluding hydrogens is 377 g/mol. The van der Waals surface area contributed by atoms with Gasteiger partial charge in [-0.2, -0.15) is 0 Å². The van der Waals surface area contributed by atoms with Crippen molar-refractivity contribution in [2.24, 2.45) is 5.92 Å². The van der Waals surface area contributed by atoms with Crippen LogP contribution in [0.5, 0.6) is 5.75 Å². The fraction of sp³-hybridized carbons (Fsp3) is 0.526. The Bertz CT molecular complexity index is 869. The number of carbonyl (C=O) groups is 1. The quantitative estimate of drug-likeness (QED) is 0.833. The van der Waals surface area contributed by atoms with Gasteiger partial charge in [0.05, 0.1) is 9.58 Å². The molecule has 2 aromatic rings. The van der Waals surface area contributed by atoms with Gasteiger partial charge in [0.2, 0.25) is 0 Å². The van der Waals surface area contributed by atoms with E-state index in [-0.39, 0.29) is 23.2 Å². The van der Waals surface area contributed by atoms with Gasteiger partial charge in [-0.15, -0.1) is 24.5 Å². The monoisotopic (exact) mass is 398 g/mol. The molecule has 27 heavy (non-hydrogen) atoms. The van der Waals surface area contributed by atoms with Crippen LogP contribution in [0.4, 0.5) is 13.2 Å². The molecule has 3 saturated heterocycles. The number of nitrogens with zero attached hydrogens (tertiary/aromatic N) is 1. The second-order valence-electron chi connectivity index (χ2n) is 7.76. The lowest BCUT2D eigenvalue weighted by Gasteiger charge is -2.56. The number of carbonyl (C=O) groups excluding carboxylic acids is 1. The zero-order valence-corrected chi connectivity index (χ0v) is 15.9. The first-order chi connectivity index (χ1) is 12.6. The Kier molecular flexibility index (Phi) is 4.38. The number of ether oxygens (including phenoxy) is 1. The summed E-state index contributed by atoms with van der Waals surface area (Å²) in [4.78, 5) is 15.7. The predicted octanol–water partition coefficient (Wildman–Crippen LogP) is 4.40. The number of thiophene rings is 1. The molecule has 4 nitrogen and oxygen atoms in total. The highest BCUT2D eigenvalue weighted by atomic mass is 32.1. The Labute approximate surface area is 159 Å². The van der Waals surface area contributed by atoms with Gasteiger partial charge in [-0.05, 0) is 63.2 Å². The molecule has 146 valence electrons. The number of halogens is 3. The number of benzene rings is 1. The molecule has 4 heterocycles. The van der Waals surface area contributed by atoms with Crippen molar-refractivity contribution in [1.29, 1.82) is 0 Å². The molecule has 0 spiro atoms. The van der Waals surface area contributed by atoms with Gasteiger partial charge in [0.1, 0.15) is 5.75 Å². The molecule has 3 aliphatic rings. The normalized spacial score (nSPS) is 26.9. The van der Waals surface area contributed by atoms with Crippen molar-refractivity contribution in [2.75, 3.05) is 13.1 Å². The number of fused-ring (bicyclic) bond motifs is 4. The summed E-state index contributed by atoms with van der Waals surface area (Å²) in [6, 6.07) is 6.11. The van der Waals surface area contributed by atoms with Gasteiger partial charge in [0.15, 0.2) is 0 Å². The Morgan fingerprint density at radius 2 is 2.00 bits per heavy atom. The summed E-state index contributed by atoms with van der Waals surface area (Å²) >= 11 is 1.03. The molecule has 0 saturated carbocycles. The van der Waals surface area contributed by atoms with Gasteiger partial charge in [-0.1, -0.05) is 12.1 Å². The van der Waals surface area contributed by atoms with E-state index in [2.05, 4.69) is 28.8 Å². The Balaban J connectivity index is 1.59. The maximum absolute atomic E-state index is 12.9. The smallest absolute Gasteiger partial charge is 0.404 e. The van der Waals surface area contributed by atoms with Crippen molar-refractivity contribution in [1.82, 2.24) is 10.2 Å². The van der Waals surface area contributed by atoms with E-state index in [9.17, 15) is 18.0 Å². The van der Waals surface area contributed by atoms with Crippen LogP contribution in [-0.4, -0.2) is 41.8 Å². The highest BCUT2D eigenvalue weighted by molar-refractivity contribution is 7.21. The Morgan fingerprint density at radius 3 is 2.63 bits per heavy atom. The van der Waals surface area contributed by atoms with Crippen LogP contribution in [0.1, 0.15) is 36.4 Å². The molecule has 1 atom stereocenters. The molecule has 0 radical (unpaired) electrons. The molecule has 8 heteroatoms. The van der Waals surface area contributed by atoms with E-state index in [1.165, 1.54) is 12.1 Å². The molecule has 2 bridgehead atoms. The van der Waals surface area contributed by atoms with Gasteiger partial charge in [0, 0.05) is 11.6 Å². The highest BCUT2D eigenvalue weighted by Crippen LogP contribution is 2.40. The number of piperidine rings is 3. The zero-order chi connectivity index (χ0) is 19.4. The van der Waals surface area contributed by atoms with Crippen molar-refractivity contribution in [3.63, 3.8) is 0 Å². The molecule has 1 amide bonds. The van der Waals surface area contributed by atoms with E-state index in [1.54, 1.807) is 12.1 Å². The SMILES string of the molecule is CC1(C)C(NC(=O)c2cc3cccc(OC(F)(F)F)c3s2)C2CCN1CC2. The van der Waals surface area contributed by atoms with Gasteiger partial charge < -0.3 is 10.1 Å². The van der Waals surface area contributed by atoms with Crippen LogP contribution in [0.3, 0.4) is 0 Å². The fourth-order valence-electron chi connectivity index (χ4n) is 4.44. The van der Waals surface area contributed by atoms with Crippen molar-refractivity contribution in [3.05, 3.63) is 29.1 Å². The topological polar surface area (TPSA) is 41.6 Å². The van der Waals surface area contributed by atoms with Crippen molar-refractivity contribution < 1.29 is 22.7 Å². The molecule has 1 N–H and O–H groups in total. The first kappa shape index (κ1) is 18.6. The lowest BCUT2D eigenvalue weighted by molar-refractivity contribution is -0.274. The van der Waals surface area contributed by atoms with Crippen LogP contribution in [0.15, 0.2) is 24.3 Å². The second-order valence-corrected chi connectivity index (χ2v) is 8.81. The van der Waals surface area contributed by atoms with E-state index in [4.69, 9.17) is 0 Å². The first-order valence-electron chi connectivity index (χ1n) is 8.99. The van der Waals surface area contributed by atoms with E-state index in [1.807, 2.05) is 0 Å². The Morgan fingerprint density at radius 1 is 1.30 bits per heavy atom. The molecule has 5 rings (SSSR count). The molecule has 3 fully saturated rings. The Hall–Kier alpha value is -1.80. The number of hydrogen-bond acceptors (Lipinski definition) is 4. The molecular formula is C19H21F3N2O2S. The first-order valence-corrected chi connectivity index (χ1v) is 9.81. The summed E-state index contributed by atoms with van der Waals surface area (Å²) in [5.74, 6) is -0.0688. The molecule has 0 aliphatic carbocycles. The van der Waals surface area contributed by atoms with Crippen molar-refractivity contribution in [3.8, 4) is 5.75 Å². The summed E-state index contributed by atoms with van der Waals surface area (Å²) in [7, 11) is 0. The van der Waals surface area contributed by atoms with Gasteiger partial charge in [-0.25, -0.2) is 0 Å². The standard InChI is InChI=1S/C19H21F3N2O2S/c1-18(2)16(11-6-8-24(18)9-7-11)23-17(25)14-10-12-4-3-5-13(15(12)27-14)26-19(20,21)22/h3-5,10-11,16H,6-9H2,1-2H3,(H,23,25). The maximum atomic E-state index is 12.9. The average Bonchev–Trinajstić information content (AvgIpc) is 3.02. The second kappa shape index (κ2) is 6.38. The lowest BCUT2D eigenvalue weighted by Crippen LogP contribution is -2.69. The van der Waals surface area contributed by atoms with E-state index >= 15 is 0 Å². The molecule has 1 unspecified atom stereocenters. The minimum absolute atomic E-state index is 0.0311. The third kappa shape index (κ3) is 3.40. The van der Waals surface area contributed by atoms with E-state index < -0.39 is 6.36 Å². The van der Waals surface area contributed by atoms with Crippen LogP contribution in [0.25, 0.3) is 10.1 Å². The number of amides is 1. The highest BCUT2D eigenvalue weighted by Gasteiger charge is 2.48. The molecule has 3 aliphatic heterocycles. The van der Waals surface area contributed by atoms with Crippen LogP contribution in [0, 0.1) is 5.92 Å². The average molecular weight is 398 g/mol. The number of rotatable bonds is 3. The summed E-state index contributed by atoms with van der Waals surface area (Å²) < 4.78 is 42.3. The number of hydrogen-bond donors (Lipinski definition) is 1. The van der Waals surface area contributed by atoms with Gasteiger partial charge in [0.25, 0.3) is 5.91 Å². The van der Waals surface area contributed by atoms with E-state index in [0.717, 1.165) is 37.3 Å². The maximum Gasteiger partial charge on any atom is 0.573 e. The minimum Gasteiger partial charge on any atom is -0.404 e. The van der Waals surface area contributed by atoms with Gasteiger partial charge >= 0.3 is 6.36 Å².